The molecule has 17 heteroatoms. The Balaban J connectivity index is 1.30. The van der Waals surface area contributed by atoms with Gasteiger partial charge in [-0.25, -0.2) is 14.1 Å². The first kappa shape index (κ1) is 29.9. The number of carboxylic acids is 1. The van der Waals surface area contributed by atoms with Crippen molar-refractivity contribution in [3.63, 3.8) is 0 Å². The Kier molecular flexibility index (Phi) is 8.92. The minimum Gasteiger partial charge on any atom is -0.481 e. The van der Waals surface area contributed by atoms with Crippen molar-refractivity contribution in [2.75, 3.05) is 25.0 Å². The quantitative estimate of drug-likeness (QED) is 0.147. The Hall–Kier alpha value is -5.61. The van der Waals surface area contributed by atoms with Gasteiger partial charge in [0, 0.05) is 29.4 Å². The van der Waals surface area contributed by atoms with E-state index in [1.807, 2.05) is 0 Å². The van der Waals surface area contributed by atoms with Gasteiger partial charge in [0.2, 0.25) is 5.91 Å². The molecule has 0 saturated carbocycles. The molecule has 2 amide bonds. The number of hydrogen-bond acceptors (Lipinski definition) is 9. The zero-order valence-electron chi connectivity index (χ0n) is 22.8. The standard InChI is InChI=1S/C27H26F3N9O5/c28-16-10-32-27(33-11-16)37-21-6-15(7-22-19(21)12-34-38-22)25(43)31-13-23(40)36-20(9-24(41)42)14-4-17(39-3-1-2-35-39)8-18(5-14)44-26(29)30/h1-8,12,16,20,26H,9-11,13H2,(H,31,43)(H,34,38)(H,36,40)(H,41,42)(H2,32,33,37). The van der Waals surface area contributed by atoms with E-state index < -0.39 is 49.6 Å². The summed E-state index contributed by atoms with van der Waals surface area (Å²) in [6, 6.07) is 7.42. The van der Waals surface area contributed by atoms with E-state index in [1.165, 1.54) is 47.4 Å². The summed E-state index contributed by atoms with van der Waals surface area (Å²) in [7, 11) is 0. The number of benzene rings is 2. The number of carbonyl (C=O) groups is 3. The molecule has 0 aliphatic carbocycles. The Labute approximate surface area is 246 Å². The maximum absolute atomic E-state index is 13.4. The van der Waals surface area contributed by atoms with Crippen molar-refractivity contribution in [1.29, 1.82) is 0 Å². The van der Waals surface area contributed by atoms with Crippen LogP contribution in [0, 0.1) is 0 Å². The van der Waals surface area contributed by atoms with Gasteiger partial charge in [-0.3, -0.25) is 19.5 Å². The number of nitrogens with one attached hydrogen (secondary N) is 5. The van der Waals surface area contributed by atoms with Crippen molar-refractivity contribution < 1.29 is 37.4 Å². The maximum atomic E-state index is 13.4. The number of fused-ring (bicyclic) bond motifs is 1. The lowest BCUT2D eigenvalue weighted by atomic mass is 10.0. The molecule has 14 nitrogen and oxygen atoms in total. The van der Waals surface area contributed by atoms with Gasteiger partial charge in [-0.05, 0) is 35.9 Å². The molecule has 3 heterocycles. The summed E-state index contributed by atoms with van der Waals surface area (Å²) in [5, 5.41) is 31.8. The van der Waals surface area contributed by atoms with E-state index in [2.05, 4.69) is 46.3 Å². The fraction of sp³-hybridized carbons (Fsp3) is 0.259. The first-order valence-corrected chi connectivity index (χ1v) is 13.2. The molecule has 0 radical (unpaired) electrons. The van der Waals surface area contributed by atoms with Crippen LogP contribution >= 0.6 is 0 Å². The van der Waals surface area contributed by atoms with Crippen LogP contribution in [0.25, 0.3) is 16.6 Å². The number of aliphatic imine (C=N–C) groups is 1. The number of aromatic nitrogens is 4. The predicted molar refractivity (Wildman–Crippen MR) is 151 cm³/mol. The van der Waals surface area contributed by atoms with E-state index in [9.17, 15) is 32.7 Å². The highest BCUT2D eigenvalue weighted by Gasteiger charge is 2.22. The predicted octanol–water partition coefficient (Wildman–Crippen LogP) is 2.12. The van der Waals surface area contributed by atoms with E-state index in [-0.39, 0.29) is 30.0 Å². The number of ether oxygens (including phenoxy) is 1. The topological polar surface area (TPSA) is 188 Å². The van der Waals surface area contributed by atoms with Crippen LogP contribution < -0.4 is 26.0 Å². The molecule has 0 saturated heterocycles. The second-order valence-corrected chi connectivity index (χ2v) is 9.64. The third-order valence-corrected chi connectivity index (χ3v) is 6.45. The van der Waals surface area contributed by atoms with Crippen molar-refractivity contribution in [2.45, 2.75) is 25.2 Å². The summed E-state index contributed by atoms with van der Waals surface area (Å²) < 4.78 is 45.3. The second kappa shape index (κ2) is 13.1. The summed E-state index contributed by atoms with van der Waals surface area (Å²) in [6.07, 6.45) is 2.84. The van der Waals surface area contributed by atoms with Gasteiger partial charge >= 0.3 is 12.6 Å². The lowest BCUT2D eigenvalue weighted by molar-refractivity contribution is -0.137. The Morgan fingerprint density at radius 2 is 2.02 bits per heavy atom. The molecule has 2 atom stereocenters. The number of nitrogens with zero attached hydrogens (tertiary/aromatic N) is 4. The van der Waals surface area contributed by atoms with Gasteiger partial charge in [0.1, 0.15) is 11.9 Å². The third kappa shape index (κ3) is 7.42. The number of carboxylic acid groups (broad SMARTS) is 1. The summed E-state index contributed by atoms with van der Waals surface area (Å²) in [5.41, 5.74) is 1.56. The van der Waals surface area contributed by atoms with Gasteiger partial charge in [0.05, 0.1) is 55.2 Å². The molecule has 2 aromatic heterocycles. The average molecular weight is 614 g/mol. The number of alkyl halides is 3. The molecule has 4 aromatic rings. The normalized spacial score (nSPS) is 15.3. The van der Waals surface area contributed by atoms with E-state index in [0.717, 1.165) is 0 Å². The van der Waals surface area contributed by atoms with Crippen LogP contribution in [0.1, 0.15) is 28.4 Å². The molecule has 5 rings (SSSR count). The van der Waals surface area contributed by atoms with Crippen LogP contribution in [-0.2, 0) is 9.59 Å². The third-order valence-electron chi connectivity index (χ3n) is 6.45. The highest BCUT2D eigenvalue weighted by molar-refractivity contribution is 6.07. The molecular weight excluding hydrogens is 587 g/mol. The minimum absolute atomic E-state index is 0.0177. The Morgan fingerprint density at radius 1 is 1.18 bits per heavy atom. The maximum Gasteiger partial charge on any atom is 0.387 e. The highest BCUT2D eigenvalue weighted by atomic mass is 19.3. The van der Waals surface area contributed by atoms with Crippen molar-refractivity contribution in [3.8, 4) is 11.4 Å². The number of carbonyl (C=O) groups excluding carboxylic acids is 2. The summed E-state index contributed by atoms with van der Waals surface area (Å²) in [5.74, 6) is -2.59. The van der Waals surface area contributed by atoms with E-state index in [4.69, 9.17) is 0 Å². The number of H-pyrrole nitrogens is 1. The Bertz CT molecular complexity index is 1690. The van der Waals surface area contributed by atoms with Crippen molar-refractivity contribution in [2.24, 2.45) is 4.99 Å². The number of amides is 2. The second-order valence-electron chi connectivity index (χ2n) is 9.64. The number of guanidine groups is 1. The highest BCUT2D eigenvalue weighted by Crippen LogP contribution is 2.28. The fourth-order valence-corrected chi connectivity index (χ4v) is 4.48. The fourth-order valence-electron chi connectivity index (χ4n) is 4.48. The van der Waals surface area contributed by atoms with Crippen LogP contribution in [0.2, 0.25) is 0 Å². The zero-order chi connectivity index (χ0) is 31.2. The van der Waals surface area contributed by atoms with Crippen LogP contribution in [0.4, 0.5) is 18.9 Å². The molecule has 1 aliphatic rings. The van der Waals surface area contributed by atoms with Crippen molar-refractivity contribution in [1.82, 2.24) is 35.9 Å². The van der Waals surface area contributed by atoms with Gasteiger partial charge in [-0.1, -0.05) is 0 Å². The van der Waals surface area contributed by atoms with Crippen LogP contribution in [-0.4, -0.2) is 81.2 Å². The molecular formula is C27H26F3N9O5. The molecule has 0 bridgehead atoms. The monoisotopic (exact) mass is 613 g/mol. The molecule has 44 heavy (non-hydrogen) atoms. The molecule has 1 aliphatic heterocycles. The molecule has 2 aromatic carbocycles. The molecule has 6 N–H and O–H groups in total. The van der Waals surface area contributed by atoms with E-state index in [0.29, 0.717) is 28.2 Å². The molecule has 0 fully saturated rings. The summed E-state index contributed by atoms with van der Waals surface area (Å²) in [6.45, 7) is -3.63. The Morgan fingerprint density at radius 3 is 2.73 bits per heavy atom. The van der Waals surface area contributed by atoms with Crippen molar-refractivity contribution >= 4 is 40.3 Å². The number of rotatable bonds is 11. The van der Waals surface area contributed by atoms with Gasteiger partial charge in [0.15, 0.2) is 5.96 Å². The van der Waals surface area contributed by atoms with Crippen LogP contribution in [0.3, 0.4) is 0 Å². The first-order valence-electron chi connectivity index (χ1n) is 13.2. The summed E-state index contributed by atoms with van der Waals surface area (Å²) >= 11 is 0. The van der Waals surface area contributed by atoms with Crippen molar-refractivity contribution in [3.05, 3.63) is 66.1 Å². The smallest absolute Gasteiger partial charge is 0.387 e. The number of aromatic amines is 1. The van der Waals surface area contributed by atoms with Gasteiger partial charge in [-0.2, -0.15) is 19.0 Å². The van der Waals surface area contributed by atoms with Gasteiger partial charge in [0.25, 0.3) is 5.91 Å². The summed E-state index contributed by atoms with van der Waals surface area (Å²) in [4.78, 5) is 41.6. The van der Waals surface area contributed by atoms with Crippen LogP contribution in [0.5, 0.6) is 5.75 Å². The number of anilines is 1. The molecule has 230 valence electrons. The van der Waals surface area contributed by atoms with Crippen LogP contribution in [0.15, 0.2) is 60.0 Å². The first-order chi connectivity index (χ1) is 21.1. The number of halogens is 3. The number of aliphatic carboxylic acids is 1. The van der Waals surface area contributed by atoms with Gasteiger partial charge < -0.3 is 31.1 Å². The average Bonchev–Trinajstić information content (AvgIpc) is 3.69. The lowest BCUT2D eigenvalue weighted by Crippen LogP contribution is -2.41. The van der Waals surface area contributed by atoms with E-state index in [1.54, 1.807) is 12.3 Å². The lowest BCUT2D eigenvalue weighted by Gasteiger charge is -2.20. The molecule has 2 unspecified atom stereocenters. The number of hydrogen-bond donors (Lipinski definition) is 6. The minimum atomic E-state index is -3.15. The van der Waals surface area contributed by atoms with Gasteiger partial charge in [-0.15, -0.1) is 0 Å². The molecule has 0 spiro atoms. The zero-order valence-corrected chi connectivity index (χ0v) is 22.8. The van der Waals surface area contributed by atoms with E-state index >= 15 is 0 Å². The largest absolute Gasteiger partial charge is 0.481 e. The SMILES string of the molecule is O=C(O)CC(NC(=O)CNC(=O)c1cc(NC2=NCC(F)CN2)c2cn[nH]c2c1)c1cc(OC(F)F)cc(-n2cccn2)c1.